The normalized spacial score (nSPS) is 30.9. The first-order valence-corrected chi connectivity index (χ1v) is 11.6. The van der Waals surface area contributed by atoms with Crippen molar-refractivity contribution in [1.29, 1.82) is 0 Å². The van der Waals surface area contributed by atoms with Crippen LogP contribution >= 0.6 is 0 Å². The Morgan fingerprint density at radius 2 is 1.73 bits per heavy atom. The number of hydrogen-bond donors (Lipinski definition) is 0. The molecule has 0 N–H and O–H groups in total. The van der Waals surface area contributed by atoms with Crippen LogP contribution in [0, 0.1) is 23.2 Å². The van der Waals surface area contributed by atoms with Gasteiger partial charge in [-0.2, -0.15) is 0 Å². The average Bonchev–Trinajstić information content (AvgIpc) is 2.96. The lowest BCUT2D eigenvalue weighted by atomic mass is 9.79. The third kappa shape index (κ3) is 4.82. The van der Waals surface area contributed by atoms with Crippen molar-refractivity contribution in [2.75, 3.05) is 32.7 Å². The topological polar surface area (TPSA) is 23.6 Å². The monoisotopic (exact) mass is 362 g/mol. The minimum atomic E-state index is 0.291. The van der Waals surface area contributed by atoms with Crippen LogP contribution in [0.3, 0.4) is 0 Å². The summed E-state index contributed by atoms with van der Waals surface area (Å²) in [7, 11) is 0. The predicted octanol–water partition coefficient (Wildman–Crippen LogP) is 4.95. The van der Waals surface area contributed by atoms with E-state index in [1.54, 1.807) is 0 Å². The predicted molar refractivity (Wildman–Crippen MR) is 109 cm³/mol. The number of nitrogens with zero attached hydrogens (tertiary/aromatic N) is 2. The quantitative estimate of drug-likeness (QED) is 0.639. The Balaban J connectivity index is 1.43. The Hall–Kier alpha value is -0.570. The maximum atomic E-state index is 12.8. The van der Waals surface area contributed by atoms with Crippen molar-refractivity contribution in [2.24, 2.45) is 23.2 Å². The zero-order valence-electron chi connectivity index (χ0n) is 17.6. The first-order chi connectivity index (χ1) is 12.5. The highest BCUT2D eigenvalue weighted by atomic mass is 16.2. The molecule has 3 fully saturated rings. The van der Waals surface area contributed by atoms with Crippen molar-refractivity contribution in [1.82, 2.24) is 9.80 Å². The second kappa shape index (κ2) is 9.08. The van der Waals surface area contributed by atoms with Crippen LogP contribution in [0.25, 0.3) is 0 Å². The smallest absolute Gasteiger partial charge is 0.226 e. The van der Waals surface area contributed by atoms with Crippen molar-refractivity contribution >= 4 is 5.91 Å². The summed E-state index contributed by atoms with van der Waals surface area (Å²) >= 11 is 0. The molecule has 0 aromatic carbocycles. The van der Waals surface area contributed by atoms with Gasteiger partial charge in [0.15, 0.2) is 0 Å². The Kier molecular flexibility index (Phi) is 7.05. The molecule has 2 heterocycles. The number of amides is 1. The third-order valence-electron chi connectivity index (χ3n) is 7.83. The molecule has 1 saturated carbocycles. The number of hydrogen-bond acceptors (Lipinski definition) is 2. The summed E-state index contributed by atoms with van der Waals surface area (Å²) in [5.74, 6) is 2.32. The molecule has 3 heteroatoms. The lowest BCUT2D eigenvalue weighted by Crippen LogP contribution is -2.46. The van der Waals surface area contributed by atoms with Crippen molar-refractivity contribution in [3.8, 4) is 0 Å². The van der Waals surface area contributed by atoms with E-state index in [1.165, 1.54) is 71.0 Å². The molecular formula is C23H42N2O. The average molecular weight is 363 g/mol. The van der Waals surface area contributed by atoms with Crippen molar-refractivity contribution in [3.05, 3.63) is 0 Å². The number of carbonyl (C=O) groups is 1. The molecule has 0 bridgehead atoms. The second-order valence-corrected chi connectivity index (χ2v) is 9.85. The van der Waals surface area contributed by atoms with Gasteiger partial charge in [-0.1, -0.05) is 59.3 Å². The SMILES string of the molecule is CCC1CN(CC2(C)CCN(CCC3CCCCC3)CC2)C(=O)C1CC. The van der Waals surface area contributed by atoms with Crippen LogP contribution in [0.4, 0.5) is 0 Å². The molecule has 0 aromatic rings. The highest BCUT2D eigenvalue weighted by molar-refractivity contribution is 5.81. The molecule has 2 unspecified atom stereocenters. The van der Waals surface area contributed by atoms with Crippen LogP contribution in [-0.4, -0.2) is 48.4 Å². The van der Waals surface area contributed by atoms with Gasteiger partial charge in [-0.15, -0.1) is 0 Å². The lowest BCUT2D eigenvalue weighted by molar-refractivity contribution is -0.133. The summed E-state index contributed by atoms with van der Waals surface area (Å²) < 4.78 is 0. The fourth-order valence-corrected chi connectivity index (χ4v) is 5.78. The van der Waals surface area contributed by atoms with Crippen molar-refractivity contribution in [2.45, 2.75) is 85.0 Å². The molecule has 3 nitrogen and oxygen atoms in total. The maximum Gasteiger partial charge on any atom is 0.226 e. The van der Waals surface area contributed by atoms with Gasteiger partial charge < -0.3 is 9.80 Å². The first kappa shape index (κ1) is 20.2. The number of piperidine rings is 1. The molecule has 150 valence electrons. The fraction of sp³-hybridized carbons (Fsp3) is 0.957. The van der Waals surface area contributed by atoms with Gasteiger partial charge in [-0.05, 0) is 62.6 Å². The third-order valence-corrected chi connectivity index (χ3v) is 7.83. The molecule has 0 spiro atoms. The van der Waals surface area contributed by atoms with Gasteiger partial charge in [0.25, 0.3) is 0 Å². The van der Waals surface area contributed by atoms with E-state index in [4.69, 9.17) is 0 Å². The number of likely N-dealkylation sites (tertiary alicyclic amines) is 2. The molecule has 0 aromatic heterocycles. The summed E-state index contributed by atoms with van der Waals surface area (Å²) in [6.07, 6.45) is 13.4. The van der Waals surface area contributed by atoms with E-state index in [-0.39, 0.29) is 0 Å². The maximum absolute atomic E-state index is 12.8. The summed E-state index contributed by atoms with van der Waals surface area (Å²) in [6.45, 7) is 12.6. The van der Waals surface area contributed by atoms with Gasteiger partial charge in [0.2, 0.25) is 5.91 Å². The molecule has 26 heavy (non-hydrogen) atoms. The molecular weight excluding hydrogens is 320 g/mol. The van der Waals surface area contributed by atoms with E-state index in [1.807, 2.05) is 0 Å². The lowest BCUT2D eigenvalue weighted by Gasteiger charge is -2.42. The zero-order chi connectivity index (χ0) is 18.6. The summed E-state index contributed by atoms with van der Waals surface area (Å²) in [5.41, 5.74) is 0.331. The first-order valence-electron chi connectivity index (χ1n) is 11.6. The van der Waals surface area contributed by atoms with Crippen LogP contribution in [0.15, 0.2) is 0 Å². The highest BCUT2D eigenvalue weighted by Crippen LogP contribution is 2.37. The van der Waals surface area contributed by atoms with E-state index in [0.29, 0.717) is 23.2 Å². The Labute approximate surface area is 161 Å². The standard InChI is InChI=1S/C23H42N2O/c1-4-20-17-25(22(26)21(20)5-2)18-23(3)12-15-24(16-13-23)14-11-19-9-7-6-8-10-19/h19-21H,4-18H2,1-3H3. The Morgan fingerprint density at radius 3 is 2.31 bits per heavy atom. The van der Waals surface area contributed by atoms with Crippen molar-refractivity contribution < 1.29 is 4.79 Å². The molecule has 2 atom stereocenters. The highest BCUT2D eigenvalue weighted by Gasteiger charge is 2.41. The second-order valence-electron chi connectivity index (χ2n) is 9.85. The fourth-order valence-electron chi connectivity index (χ4n) is 5.78. The van der Waals surface area contributed by atoms with E-state index in [2.05, 4.69) is 30.6 Å². The largest absolute Gasteiger partial charge is 0.342 e. The molecule has 0 radical (unpaired) electrons. The number of rotatable bonds is 7. The van der Waals surface area contributed by atoms with Crippen LogP contribution in [0.1, 0.15) is 85.0 Å². The van der Waals surface area contributed by atoms with Crippen LogP contribution < -0.4 is 0 Å². The van der Waals surface area contributed by atoms with E-state index in [9.17, 15) is 4.79 Å². The van der Waals surface area contributed by atoms with Gasteiger partial charge in [-0.3, -0.25) is 4.79 Å². The number of carbonyl (C=O) groups excluding carboxylic acids is 1. The zero-order valence-corrected chi connectivity index (χ0v) is 17.6. The minimum Gasteiger partial charge on any atom is -0.342 e. The van der Waals surface area contributed by atoms with E-state index >= 15 is 0 Å². The minimum absolute atomic E-state index is 0.291. The summed E-state index contributed by atoms with van der Waals surface area (Å²) in [6, 6.07) is 0. The van der Waals surface area contributed by atoms with Crippen molar-refractivity contribution in [3.63, 3.8) is 0 Å². The summed E-state index contributed by atoms with van der Waals surface area (Å²) in [4.78, 5) is 17.7. The van der Waals surface area contributed by atoms with Gasteiger partial charge in [0.1, 0.15) is 0 Å². The van der Waals surface area contributed by atoms with Crippen LogP contribution in [0.2, 0.25) is 0 Å². The van der Waals surface area contributed by atoms with E-state index in [0.717, 1.165) is 31.8 Å². The van der Waals surface area contributed by atoms with Gasteiger partial charge >= 0.3 is 0 Å². The van der Waals surface area contributed by atoms with Crippen LogP contribution in [0.5, 0.6) is 0 Å². The Bertz CT molecular complexity index is 449. The molecule has 2 aliphatic heterocycles. The van der Waals surface area contributed by atoms with Gasteiger partial charge in [0, 0.05) is 19.0 Å². The molecule has 2 saturated heterocycles. The Morgan fingerprint density at radius 1 is 1.04 bits per heavy atom. The molecule has 3 rings (SSSR count). The molecule has 1 amide bonds. The van der Waals surface area contributed by atoms with Crippen LogP contribution in [-0.2, 0) is 4.79 Å². The summed E-state index contributed by atoms with van der Waals surface area (Å²) in [5, 5.41) is 0. The van der Waals surface area contributed by atoms with E-state index < -0.39 is 0 Å². The van der Waals surface area contributed by atoms with Gasteiger partial charge in [0.05, 0.1) is 0 Å². The molecule has 3 aliphatic rings. The van der Waals surface area contributed by atoms with Gasteiger partial charge in [-0.25, -0.2) is 0 Å². The molecule has 1 aliphatic carbocycles.